The summed E-state index contributed by atoms with van der Waals surface area (Å²) in [5.41, 5.74) is 6.34. The first kappa shape index (κ1) is 14.7. The second-order valence-corrected chi connectivity index (χ2v) is 8.07. The van der Waals surface area contributed by atoms with Crippen LogP contribution in [0.25, 0.3) is 60.4 Å². The van der Waals surface area contributed by atoms with E-state index in [1.165, 1.54) is 16.2 Å². The smallest absolute Gasteiger partial charge is 0.0630 e. The molecule has 7 aromatic rings. The molecular weight excluding hydrogens is 388 g/mol. The summed E-state index contributed by atoms with van der Waals surface area (Å²) in [4.78, 5) is 3.55. The van der Waals surface area contributed by atoms with Gasteiger partial charge in [0.15, 0.2) is 0 Å². The van der Waals surface area contributed by atoms with E-state index in [0.717, 1.165) is 38.7 Å². The molecule has 150 valence electrons. The van der Waals surface area contributed by atoms with Crippen molar-refractivity contribution in [3.63, 3.8) is 0 Å². The van der Waals surface area contributed by atoms with Crippen LogP contribution in [0.5, 0.6) is 0 Å². The number of H-pyrrole nitrogens is 1. The molecule has 2 heteroatoms. The van der Waals surface area contributed by atoms with Gasteiger partial charge in [-0.2, -0.15) is 0 Å². The van der Waals surface area contributed by atoms with Crippen LogP contribution in [-0.2, 0) is 0 Å². The van der Waals surface area contributed by atoms with E-state index in [1.807, 2.05) is 30.3 Å². The summed E-state index contributed by atoms with van der Waals surface area (Å²) in [6.07, 6.45) is 0. The van der Waals surface area contributed by atoms with Gasteiger partial charge in [-0.15, -0.1) is 0 Å². The zero-order chi connectivity index (χ0) is 23.7. The standard InChI is InChI=1S/C30H20N2/c1-2-8-20(9-3-1)21-14-16-22(17-15-21)32-27-13-7-5-11-24(27)30-28(32)19-18-26-29(30)23-10-4-6-12-25(23)31-26/h1-19,31H/i2D,14D,15D. The van der Waals surface area contributed by atoms with Crippen LogP contribution in [-0.4, -0.2) is 9.55 Å². The first-order valence-electron chi connectivity index (χ1n) is 12.2. The lowest BCUT2D eigenvalue weighted by Crippen LogP contribution is -1.93. The molecule has 0 radical (unpaired) electrons. The highest BCUT2D eigenvalue weighted by Crippen LogP contribution is 2.39. The lowest BCUT2D eigenvalue weighted by atomic mass is 10.1. The van der Waals surface area contributed by atoms with Crippen molar-refractivity contribution in [2.75, 3.05) is 0 Å². The van der Waals surface area contributed by atoms with Crippen molar-refractivity contribution >= 4 is 43.6 Å². The summed E-state index contributed by atoms with van der Waals surface area (Å²) in [5, 5.41) is 4.68. The number of nitrogens with zero attached hydrogens (tertiary/aromatic N) is 1. The molecule has 0 bridgehead atoms. The highest BCUT2D eigenvalue weighted by Gasteiger charge is 2.17. The van der Waals surface area contributed by atoms with E-state index in [9.17, 15) is 0 Å². The van der Waals surface area contributed by atoms with Crippen LogP contribution in [0.3, 0.4) is 0 Å². The Kier molecular flexibility index (Phi) is 3.02. The molecular formula is C30H20N2. The summed E-state index contributed by atoms with van der Waals surface area (Å²) in [6.45, 7) is 0. The van der Waals surface area contributed by atoms with Gasteiger partial charge >= 0.3 is 0 Å². The molecule has 0 unspecified atom stereocenters. The fraction of sp³-hybridized carbons (Fsp3) is 0. The Hall–Kier alpha value is -4.30. The summed E-state index contributed by atoms with van der Waals surface area (Å²) < 4.78 is 27.7. The number of hydrogen-bond donors (Lipinski definition) is 1. The third-order valence-corrected chi connectivity index (χ3v) is 6.29. The number of rotatable bonds is 2. The van der Waals surface area contributed by atoms with Gasteiger partial charge in [-0.3, -0.25) is 0 Å². The van der Waals surface area contributed by atoms with Crippen LogP contribution in [0.2, 0.25) is 0 Å². The number of aromatic nitrogens is 2. The lowest BCUT2D eigenvalue weighted by Gasteiger charge is -2.09. The topological polar surface area (TPSA) is 20.7 Å². The average molecular weight is 412 g/mol. The van der Waals surface area contributed by atoms with E-state index in [4.69, 9.17) is 4.11 Å². The van der Waals surface area contributed by atoms with Gasteiger partial charge in [0.2, 0.25) is 0 Å². The largest absolute Gasteiger partial charge is 0.354 e. The van der Waals surface area contributed by atoms with Gasteiger partial charge in [0.05, 0.1) is 15.1 Å². The molecule has 2 nitrogen and oxygen atoms in total. The number of benzene rings is 5. The number of hydrogen-bond acceptors (Lipinski definition) is 0. The van der Waals surface area contributed by atoms with Crippen molar-refractivity contribution in [3.05, 3.63) is 115 Å². The molecule has 0 aliphatic carbocycles. The maximum atomic E-state index is 8.79. The molecule has 0 amide bonds. The van der Waals surface area contributed by atoms with Crippen molar-refractivity contribution in [1.82, 2.24) is 9.55 Å². The minimum absolute atomic E-state index is 0.275. The Morgan fingerprint density at radius 3 is 2.22 bits per heavy atom. The second kappa shape index (κ2) is 6.60. The fourth-order valence-corrected chi connectivity index (χ4v) is 4.90. The molecule has 7 rings (SSSR count). The van der Waals surface area contributed by atoms with Gasteiger partial charge < -0.3 is 9.55 Å². The predicted molar refractivity (Wildman–Crippen MR) is 136 cm³/mol. The minimum Gasteiger partial charge on any atom is -0.354 e. The predicted octanol–water partition coefficient (Wildman–Crippen LogP) is 8.09. The Bertz CT molecular complexity index is 1920. The number of para-hydroxylation sites is 2. The SMILES string of the molecule is [2H]c1cccc(-c2c([2H])cc(-n3c4ccccc4c4c5c(ccc43)[nH]c3ccccc35)cc2[2H])c1. The second-order valence-electron chi connectivity index (χ2n) is 8.07. The summed E-state index contributed by atoms with van der Waals surface area (Å²) in [7, 11) is 0. The summed E-state index contributed by atoms with van der Waals surface area (Å²) >= 11 is 0. The fourth-order valence-electron chi connectivity index (χ4n) is 4.90. The van der Waals surface area contributed by atoms with Crippen LogP contribution in [0.15, 0.2) is 115 Å². The van der Waals surface area contributed by atoms with Gasteiger partial charge in [-0.05, 0) is 47.5 Å². The number of aromatic amines is 1. The van der Waals surface area contributed by atoms with E-state index < -0.39 is 0 Å². The molecule has 1 N–H and O–H groups in total. The van der Waals surface area contributed by atoms with Gasteiger partial charge in [0, 0.05) is 38.3 Å². The number of nitrogens with one attached hydrogen (secondary N) is 1. The van der Waals surface area contributed by atoms with E-state index in [2.05, 4.69) is 58.1 Å². The summed E-state index contributed by atoms with van der Waals surface area (Å²) in [6, 6.07) is 32.6. The Balaban J connectivity index is 1.57. The van der Waals surface area contributed by atoms with E-state index >= 15 is 0 Å². The molecule has 0 fully saturated rings. The molecule has 32 heavy (non-hydrogen) atoms. The molecule has 0 aliphatic heterocycles. The zero-order valence-electron chi connectivity index (χ0n) is 20.2. The molecule has 5 aromatic carbocycles. The lowest BCUT2D eigenvalue weighted by molar-refractivity contribution is 1.18. The van der Waals surface area contributed by atoms with E-state index in [1.54, 1.807) is 18.2 Å². The summed E-state index contributed by atoms with van der Waals surface area (Å²) in [5.74, 6) is 0. The van der Waals surface area contributed by atoms with Gasteiger partial charge in [0.1, 0.15) is 0 Å². The highest BCUT2D eigenvalue weighted by atomic mass is 15.0. The van der Waals surface area contributed by atoms with E-state index in [0.29, 0.717) is 11.6 Å². The molecule has 0 atom stereocenters. The van der Waals surface area contributed by atoms with Gasteiger partial charge in [-0.1, -0.05) is 78.8 Å². The quantitative estimate of drug-likeness (QED) is 0.297. The third-order valence-electron chi connectivity index (χ3n) is 6.29. The van der Waals surface area contributed by atoms with E-state index in [-0.39, 0.29) is 12.1 Å². The maximum absolute atomic E-state index is 8.79. The zero-order valence-corrected chi connectivity index (χ0v) is 17.2. The first-order chi connectivity index (χ1) is 17.1. The van der Waals surface area contributed by atoms with Crippen LogP contribution in [0.1, 0.15) is 4.11 Å². The van der Waals surface area contributed by atoms with Crippen molar-refractivity contribution in [3.8, 4) is 16.8 Å². The normalized spacial score (nSPS) is 13.1. The minimum atomic E-state index is 0.275. The van der Waals surface area contributed by atoms with Crippen molar-refractivity contribution < 1.29 is 4.11 Å². The highest BCUT2D eigenvalue weighted by molar-refractivity contribution is 6.28. The molecule has 0 saturated carbocycles. The molecule has 0 aliphatic rings. The first-order valence-corrected chi connectivity index (χ1v) is 10.7. The molecule has 2 heterocycles. The Morgan fingerprint density at radius 2 is 1.34 bits per heavy atom. The van der Waals surface area contributed by atoms with Gasteiger partial charge in [-0.25, -0.2) is 0 Å². The molecule has 2 aromatic heterocycles. The van der Waals surface area contributed by atoms with Crippen LogP contribution < -0.4 is 0 Å². The van der Waals surface area contributed by atoms with Crippen molar-refractivity contribution in [2.24, 2.45) is 0 Å². The third kappa shape index (κ3) is 2.41. The van der Waals surface area contributed by atoms with Crippen molar-refractivity contribution in [2.45, 2.75) is 0 Å². The average Bonchev–Trinajstić information content (AvgIpc) is 3.39. The number of fused-ring (bicyclic) bond motifs is 7. The maximum Gasteiger partial charge on any atom is 0.0630 e. The molecule has 0 spiro atoms. The van der Waals surface area contributed by atoms with Crippen LogP contribution >= 0.6 is 0 Å². The van der Waals surface area contributed by atoms with Crippen LogP contribution in [0, 0.1) is 0 Å². The molecule has 0 saturated heterocycles. The van der Waals surface area contributed by atoms with Gasteiger partial charge in [0.25, 0.3) is 0 Å². The van der Waals surface area contributed by atoms with Crippen molar-refractivity contribution in [1.29, 1.82) is 0 Å². The Morgan fingerprint density at radius 1 is 0.562 bits per heavy atom. The van der Waals surface area contributed by atoms with Crippen LogP contribution in [0.4, 0.5) is 0 Å². The monoisotopic (exact) mass is 411 g/mol. The Labute approximate surface area is 189 Å².